The quantitative estimate of drug-likeness (QED) is 0.295. The molecule has 0 unspecified atom stereocenters. The Kier molecular flexibility index (Phi) is 6.15. The fourth-order valence-corrected chi connectivity index (χ4v) is 5.57. The Morgan fingerprint density at radius 1 is 1.00 bits per heavy atom. The van der Waals surface area contributed by atoms with Crippen molar-refractivity contribution in [3.05, 3.63) is 81.4 Å². The van der Waals surface area contributed by atoms with Crippen molar-refractivity contribution >= 4 is 33.5 Å². The van der Waals surface area contributed by atoms with Gasteiger partial charge in [0.2, 0.25) is 5.13 Å². The molecular formula is C26H25N3O2S2. The van der Waals surface area contributed by atoms with Gasteiger partial charge < -0.3 is 9.47 Å². The molecule has 0 saturated heterocycles. The molecule has 0 spiro atoms. The van der Waals surface area contributed by atoms with Gasteiger partial charge >= 0.3 is 0 Å². The highest BCUT2D eigenvalue weighted by atomic mass is 32.1. The molecule has 7 heteroatoms. The van der Waals surface area contributed by atoms with Gasteiger partial charge in [0.1, 0.15) is 0 Å². The van der Waals surface area contributed by atoms with Crippen LogP contribution >= 0.6 is 22.7 Å². The second kappa shape index (κ2) is 9.37. The molecule has 0 fully saturated rings. The van der Waals surface area contributed by atoms with Crippen molar-refractivity contribution in [1.82, 2.24) is 4.98 Å². The average molecular weight is 476 g/mol. The molecule has 5 rings (SSSR count). The summed E-state index contributed by atoms with van der Waals surface area (Å²) in [7, 11) is 3.32. The highest BCUT2D eigenvalue weighted by Crippen LogP contribution is 2.42. The van der Waals surface area contributed by atoms with Crippen molar-refractivity contribution in [1.29, 1.82) is 0 Å². The monoisotopic (exact) mass is 475 g/mol. The van der Waals surface area contributed by atoms with Gasteiger partial charge in [0, 0.05) is 17.4 Å². The molecule has 2 aromatic carbocycles. The van der Waals surface area contributed by atoms with Crippen LogP contribution in [-0.4, -0.2) is 24.9 Å². The van der Waals surface area contributed by atoms with Crippen LogP contribution in [0, 0.1) is 0 Å². The largest absolute Gasteiger partial charge is 0.493 e. The summed E-state index contributed by atoms with van der Waals surface area (Å²) in [6.45, 7) is 2.17. The van der Waals surface area contributed by atoms with E-state index >= 15 is 0 Å². The van der Waals surface area contributed by atoms with Crippen molar-refractivity contribution in [2.45, 2.75) is 25.8 Å². The van der Waals surface area contributed by atoms with Crippen LogP contribution in [-0.2, 0) is 6.42 Å². The summed E-state index contributed by atoms with van der Waals surface area (Å²) in [4.78, 5) is 6.16. The number of anilines is 1. The molecule has 2 aromatic heterocycles. The summed E-state index contributed by atoms with van der Waals surface area (Å²) in [5, 5.41) is 12.2. The first-order chi connectivity index (χ1) is 16.2. The number of ether oxygens (including phenoxy) is 2. The molecule has 1 atom stereocenters. The Balaban J connectivity index is 1.51. The van der Waals surface area contributed by atoms with Gasteiger partial charge in [0.15, 0.2) is 11.5 Å². The molecule has 0 radical (unpaired) electrons. The van der Waals surface area contributed by atoms with E-state index < -0.39 is 0 Å². The zero-order valence-corrected chi connectivity index (χ0v) is 20.5. The normalized spacial score (nSPS) is 15.5. The number of hydrogen-bond acceptors (Lipinski definition) is 7. The third-order valence-electron chi connectivity index (χ3n) is 5.85. The second-order valence-corrected chi connectivity index (χ2v) is 9.55. The lowest BCUT2D eigenvalue weighted by Crippen LogP contribution is -2.18. The van der Waals surface area contributed by atoms with Crippen LogP contribution in [0.25, 0.3) is 11.3 Å². The first-order valence-corrected chi connectivity index (χ1v) is 12.6. The first kappa shape index (κ1) is 21.7. The van der Waals surface area contributed by atoms with Gasteiger partial charge in [-0.2, -0.15) is 5.10 Å². The molecule has 1 aliphatic rings. The molecule has 33 heavy (non-hydrogen) atoms. The minimum atomic E-state index is 0.0309. The van der Waals surface area contributed by atoms with Crippen LogP contribution < -0.4 is 14.5 Å². The van der Waals surface area contributed by atoms with Gasteiger partial charge in [0.25, 0.3) is 0 Å². The maximum absolute atomic E-state index is 5.57. The molecule has 3 heterocycles. The lowest BCUT2D eigenvalue weighted by atomic mass is 10.0. The van der Waals surface area contributed by atoms with Gasteiger partial charge in [0.05, 0.1) is 36.5 Å². The van der Waals surface area contributed by atoms with Gasteiger partial charge in [-0.05, 0) is 41.1 Å². The maximum Gasteiger partial charge on any atom is 0.207 e. The fourth-order valence-electron chi connectivity index (χ4n) is 4.01. The number of benzene rings is 2. The van der Waals surface area contributed by atoms with Gasteiger partial charge in [-0.1, -0.05) is 43.3 Å². The molecule has 0 amide bonds. The van der Waals surface area contributed by atoms with Crippen LogP contribution in [0.5, 0.6) is 11.5 Å². The van der Waals surface area contributed by atoms with E-state index in [1.54, 1.807) is 36.9 Å². The van der Waals surface area contributed by atoms with Gasteiger partial charge in [-0.25, -0.2) is 9.99 Å². The Morgan fingerprint density at radius 2 is 1.82 bits per heavy atom. The zero-order chi connectivity index (χ0) is 22.8. The third-order valence-corrected chi connectivity index (χ3v) is 7.60. The van der Waals surface area contributed by atoms with Crippen LogP contribution in [0.15, 0.2) is 70.5 Å². The van der Waals surface area contributed by atoms with Crippen molar-refractivity contribution in [2.75, 3.05) is 19.2 Å². The SMILES string of the molecule is CCc1ccc(-c2csc(N3N=C(c4cccs4)C[C@H]3c3ccc(OC)c(OC)c3)n2)cc1. The van der Waals surface area contributed by atoms with E-state index in [2.05, 4.69) is 65.2 Å². The standard InChI is InChI=1S/C26H25N3O2S2/c1-4-17-7-9-18(10-8-17)21-16-33-26(27-21)29-22(15-20(28-29)25-6-5-13-32-25)19-11-12-23(30-2)24(14-19)31-3/h5-14,16,22H,4,15H2,1-3H3/t22-/m0/s1. The number of methoxy groups -OCH3 is 2. The number of thiophene rings is 1. The molecule has 5 nitrogen and oxygen atoms in total. The van der Waals surface area contributed by atoms with E-state index in [-0.39, 0.29) is 6.04 Å². The average Bonchev–Trinajstić information content (AvgIpc) is 3.63. The van der Waals surface area contributed by atoms with E-state index in [4.69, 9.17) is 19.6 Å². The number of nitrogens with zero attached hydrogens (tertiary/aromatic N) is 3. The third kappa shape index (κ3) is 4.26. The van der Waals surface area contributed by atoms with Gasteiger partial charge in [-0.15, -0.1) is 22.7 Å². The molecule has 0 bridgehead atoms. The summed E-state index contributed by atoms with van der Waals surface area (Å²) >= 11 is 3.34. The molecule has 0 aliphatic carbocycles. The summed E-state index contributed by atoms with van der Waals surface area (Å²) in [6.07, 6.45) is 1.83. The minimum absolute atomic E-state index is 0.0309. The van der Waals surface area contributed by atoms with Crippen LogP contribution in [0.2, 0.25) is 0 Å². The Hall–Kier alpha value is -3.16. The summed E-state index contributed by atoms with van der Waals surface area (Å²) in [6, 6.07) is 18.9. The van der Waals surface area contributed by atoms with Crippen LogP contribution in [0.1, 0.15) is 35.4 Å². The van der Waals surface area contributed by atoms with Crippen LogP contribution in [0.3, 0.4) is 0 Å². The summed E-state index contributed by atoms with van der Waals surface area (Å²) in [5.74, 6) is 1.44. The van der Waals surface area contributed by atoms with E-state index in [9.17, 15) is 0 Å². The lowest BCUT2D eigenvalue weighted by Gasteiger charge is -2.22. The first-order valence-electron chi connectivity index (χ1n) is 10.9. The molecule has 1 aliphatic heterocycles. The number of rotatable bonds is 7. The number of thiazole rings is 1. The van der Waals surface area contributed by atoms with Crippen LogP contribution in [0.4, 0.5) is 5.13 Å². The molecule has 4 aromatic rings. The number of hydrazone groups is 1. The zero-order valence-electron chi connectivity index (χ0n) is 18.8. The van der Waals surface area contributed by atoms with Crippen molar-refractivity contribution in [3.63, 3.8) is 0 Å². The van der Waals surface area contributed by atoms with Gasteiger partial charge in [-0.3, -0.25) is 0 Å². The van der Waals surface area contributed by atoms with Crippen molar-refractivity contribution in [2.24, 2.45) is 5.10 Å². The molecule has 0 saturated carbocycles. The predicted octanol–water partition coefficient (Wildman–Crippen LogP) is 6.81. The Labute approximate surface area is 202 Å². The highest BCUT2D eigenvalue weighted by Gasteiger charge is 2.32. The lowest BCUT2D eigenvalue weighted by molar-refractivity contribution is 0.354. The second-order valence-electron chi connectivity index (χ2n) is 7.77. The van der Waals surface area contributed by atoms with E-state index in [1.165, 1.54) is 10.4 Å². The molecule has 0 N–H and O–H groups in total. The minimum Gasteiger partial charge on any atom is -0.493 e. The Morgan fingerprint density at radius 3 is 2.52 bits per heavy atom. The Bertz CT molecular complexity index is 1260. The summed E-state index contributed by atoms with van der Waals surface area (Å²) < 4.78 is 11.0. The topological polar surface area (TPSA) is 47.0 Å². The van der Waals surface area contributed by atoms with Crippen molar-refractivity contribution < 1.29 is 9.47 Å². The smallest absolute Gasteiger partial charge is 0.207 e. The molecular weight excluding hydrogens is 450 g/mol. The maximum atomic E-state index is 5.57. The van der Waals surface area contributed by atoms with E-state index in [0.717, 1.165) is 52.0 Å². The van der Waals surface area contributed by atoms with E-state index in [1.807, 2.05) is 12.1 Å². The highest BCUT2D eigenvalue weighted by molar-refractivity contribution is 7.14. The number of aryl methyl sites for hydroxylation is 1. The number of aromatic nitrogens is 1. The number of hydrogen-bond donors (Lipinski definition) is 0. The molecule has 168 valence electrons. The fraction of sp³-hybridized carbons (Fsp3) is 0.231. The van der Waals surface area contributed by atoms with Crippen molar-refractivity contribution in [3.8, 4) is 22.8 Å². The van der Waals surface area contributed by atoms with E-state index in [0.29, 0.717) is 0 Å². The predicted molar refractivity (Wildman–Crippen MR) is 137 cm³/mol. The summed E-state index contributed by atoms with van der Waals surface area (Å²) in [5.41, 5.74) is 5.62.